The van der Waals surface area contributed by atoms with Crippen molar-refractivity contribution in [3.63, 3.8) is 0 Å². The van der Waals surface area contributed by atoms with Gasteiger partial charge in [-0.2, -0.15) is 0 Å². The lowest BCUT2D eigenvalue weighted by atomic mass is 10.2. The second-order valence-electron chi connectivity index (χ2n) is 4.34. The van der Waals surface area contributed by atoms with E-state index in [0.29, 0.717) is 18.9 Å². The van der Waals surface area contributed by atoms with Crippen LogP contribution >= 0.6 is 0 Å². The smallest absolute Gasteiger partial charge is 0.123 e. The molecule has 1 atom stereocenters. The number of nitrogens with two attached hydrogens (primary N) is 1. The topological polar surface area (TPSA) is 56.5 Å². The molecule has 0 aliphatic carbocycles. The number of methoxy groups -OCH3 is 1. The summed E-state index contributed by atoms with van der Waals surface area (Å²) in [6.07, 6.45) is 1.98. The summed E-state index contributed by atoms with van der Waals surface area (Å²) in [5.41, 5.74) is 7.55. The molecule has 18 heavy (non-hydrogen) atoms. The largest absolute Gasteiger partial charge is 0.493 e. The quantitative estimate of drug-likeness (QED) is 0.698. The molecule has 0 radical (unpaired) electrons. The van der Waals surface area contributed by atoms with E-state index in [1.165, 1.54) is 0 Å². The van der Waals surface area contributed by atoms with Crippen LogP contribution in [0.15, 0.2) is 18.2 Å². The van der Waals surface area contributed by atoms with Crippen LogP contribution in [0.1, 0.15) is 26.7 Å². The summed E-state index contributed by atoms with van der Waals surface area (Å²) in [6.45, 7) is 5.59. The molecule has 1 aromatic rings. The summed E-state index contributed by atoms with van der Waals surface area (Å²) in [7, 11) is 1.71. The minimum Gasteiger partial charge on any atom is -0.493 e. The molecule has 0 spiro atoms. The summed E-state index contributed by atoms with van der Waals surface area (Å²) in [4.78, 5) is 0. The Bertz CT molecular complexity index is 356. The molecule has 0 saturated carbocycles. The van der Waals surface area contributed by atoms with E-state index in [-0.39, 0.29) is 6.04 Å². The molecule has 4 heteroatoms. The molecule has 1 aromatic carbocycles. The number of hydrogen-bond donors (Lipinski definition) is 2. The van der Waals surface area contributed by atoms with Crippen molar-refractivity contribution in [1.82, 2.24) is 0 Å². The number of anilines is 2. The van der Waals surface area contributed by atoms with Crippen molar-refractivity contribution in [2.75, 3.05) is 31.4 Å². The monoisotopic (exact) mass is 252 g/mol. The van der Waals surface area contributed by atoms with Crippen LogP contribution in [0.3, 0.4) is 0 Å². The third-order valence-electron chi connectivity index (χ3n) is 2.63. The highest BCUT2D eigenvalue weighted by atomic mass is 16.5. The van der Waals surface area contributed by atoms with Crippen molar-refractivity contribution in [2.24, 2.45) is 0 Å². The average Bonchev–Trinajstić information content (AvgIpc) is 2.35. The molecule has 0 fully saturated rings. The third kappa shape index (κ3) is 4.84. The maximum atomic E-state index is 5.87. The molecule has 1 unspecified atom stereocenters. The van der Waals surface area contributed by atoms with E-state index in [1.807, 2.05) is 18.2 Å². The summed E-state index contributed by atoms with van der Waals surface area (Å²) in [6, 6.07) is 6.02. The Kier molecular flexibility index (Phi) is 6.36. The third-order valence-corrected chi connectivity index (χ3v) is 2.63. The van der Waals surface area contributed by atoms with Gasteiger partial charge in [0, 0.05) is 36.7 Å². The molecule has 0 heterocycles. The first-order valence-corrected chi connectivity index (χ1v) is 6.48. The fourth-order valence-corrected chi connectivity index (χ4v) is 1.71. The lowest BCUT2D eigenvalue weighted by Crippen LogP contribution is -2.23. The van der Waals surface area contributed by atoms with Gasteiger partial charge in [0.15, 0.2) is 0 Å². The molecule has 0 aromatic heterocycles. The van der Waals surface area contributed by atoms with E-state index in [0.717, 1.165) is 24.3 Å². The SMILES string of the molecule is CCCOc1cc(N)cc(NC(CC)COC)c1. The van der Waals surface area contributed by atoms with Crippen molar-refractivity contribution in [3.8, 4) is 5.75 Å². The minimum atomic E-state index is 0.288. The number of nitrogens with one attached hydrogen (secondary N) is 1. The predicted octanol–water partition coefficient (Wildman–Crippen LogP) is 2.89. The molecule has 3 N–H and O–H groups in total. The van der Waals surface area contributed by atoms with E-state index in [1.54, 1.807) is 7.11 Å². The lowest BCUT2D eigenvalue weighted by molar-refractivity contribution is 0.184. The van der Waals surface area contributed by atoms with Gasteiger partial charge in [-0.05, 0) is 18.9 Å². The highest BCUT2D eigenvalue weighted by Gasteiger charge is 2.07. The van der Waals surface area contributed by atoms with E-state index in [2.05, 4.69) is 19.2 Å². The molecule has 0 bridgehead atoms. The van der Waals surface area contributed by atoms with Crippen LogP contribution in [0.5, 0.6) is 5.75 Å². The number of rotatable bonds is 8. The number of benzene rings is 1. The summed E-state index contributed by atoms with van der Waals surface area (Å²) in [5.74, 6) is 0.812. The van der Waals surface area contributed by atoms with Gasteiger partial charge in [-0.25, -0.2) is 0 Å². The lowest BCUT2D eigenvalue weighted by Gasteiger charge is -2.18. The Labute approximate surface area is 109 Å². The van der Waals surface area contributed by atoms with Crippen LogP contribution in [0.4, 0.5) is 11.4 Å². The summed E-state index contributed by atoms with van der Waals surface area (Å²) >= 11 is 0. The second-order valence-corrected chi connectivity index (χ2v) is 4.34. The van der Waals surface area contributed by atoms with Gasteiger partial charge >= 0.3 is 0 Å². The van der Waals surface area contributed by atoms with Crippen LogP contribution in [-0.4, -0.2) is 26.4 Å². The Balaban J connectivity index is 2.71. The van der Waals surface area contributed by atoms with E-state index < -0.39 is 0 Å². The van der Waals surface area contributed by atoms with Crippen molar-refractivity contribution in [3.05, 3.63) is 18.2 Å². The van der Waals surface area contributed by atoms with Crippen LogP contribution in [0.2, 0.25) is 0 Å². The number of ether oxygens (including phenoxy) is 2. The Morgan fingerprint density at radius 2 is 2.06 bits per heavy atom. The van der Waals surface area contributed by atoms with Gasteiger partial charge in [-0.15, -0.1) is 0 Å². The molecule has 1 rings (SSSR count). The van der Waals surface area contributed by atoms with Crippen molar-refractivity contribution < 1.29 is 9.47 Å². The van der Waals surface area contributed by atoms with Gasteiger partial charge < -0.3 is 20.5 Å². The van der Waals surface area contributed by atoms with Gasteiger partial charge in [0.1, 0.15) is 5.75 Å². The zero-order valence-corrected chi connectivity index (χ0v) is 11.5. The van der Waals surface area contributed by atoms with E-state index in [4.69, 9.17) is 15.2 Å². The van der Waals surface area contributed by atoms with Gasteiger partial charge in [-0.1, -0.05) is 13.8 Å². The van der Waals surface area contributed by atoms with Crippen LogP contribution in [0.25, 0.3) is 0 Å². The zero-order chi connectivity index (χ0) is 13.4. The van der Waals surface area contributed by atoms with E-state index >= 15 is 0 Å². The molecular weight excluding hydrogens is 228 g/mol. The van der Waals surface area contributed by atoms with Crippen molar-refractivity contribution in [2.45, 2.75) is 32.7 Å². The standard InChI is InChI=1S/C14H24N2O2/c1-4-6-18-14-8-11(15)7-13(9-14)16-12(5-2)10-17-3/h7-9,12,16H,4-6,10,15H2,1-3H3. The van der Waals surface area contributed by atoms with Gasteiger partial charge in [0.2, 0.25) is 0 Å². The fraction of sp³-hybridized carbons (Fsp3) is 0.571. The molecule has 0 amide bonds. The molecule has 0 aliphatic heterocycles. The second kappa shape index (κ2) is 7.82. The molecule has 0 aliphatic rings. The first-order chi connectivity index (χ1) is 8.69. The van der Waals surface area contributed by atoms with E-state index in [9.17, 15) is 0 Å². The van der Waals surface area contributed by atoms with Crippen molar-refractivity contribution in [1.29, 1.82) is 0 Å². The number of nitrogen functional groups attached to an aromatic ring is 1. The maximum Gasteiger partial charge on any atom is 0.123 e. The predicted molar refractivity (Wildman–Crippen MR) is 76.2 cm³/mol. The number of hydrogen-bond acceptors (Lipinski definition) is 4. The molecule has 102 valence electrons. The maximum absolute atomic E-state index is 5.87. The first-order valence-electron chi connectivity index (χ1n) is 6.48. The Morgan fingerprint density at radius 1 is 1.28 bits per heavy atom. The highest BCUT2D eigenvalue weighted by Crippen LogP contribution is 2.23. The van der Waals surface area contributed by atoms with Crippen LogP contribution in [0, 0.1) is 0 Å². The summed E-state index contributed by atoms with van der Waals surface area (Å²) < 4.78 is 10.8. The Hall–Kier alpha value is -1.42. The first kappa shape index (κ1) is 14.6. The average molecular weight is 252 g/mol. The molecule has 4 nitrogen and oxygen atoms in total. The molecular formula is C14H24N2O2. The van der Waals surface area contributed by atoms with Crippen LogP contribution < -0.4 is 15.8 Å². The normalized spacial score (nSPS) is 12.2. The minimum absolute atomic E-state index is 0.288. The van der Waals surface area contributed by atoms with Crippen molar-refractivity contribution >= 4 is 11.4 Å². The fourth-order valence-electron chi connectivity index (χ4n) is 1.71. The summed E-state index contributed by atoms with van der Waals surface area (Å²) in [5, 5.41) is 3.40. The molecule has 0 saturated heterocycles. The zero-order valence-electron chi connectivity index (χ0n) is 11.5. The van der Waals surface area contributed by atoms with Gasteiger partial charge in [0.05, 0.1) is 13.2 Å². The van der Waals surface area contributed by atoms with Gasteiger partial charge in [-0.3, -0.25) is 0 Å². The van der Waals surface area contributed by atoms with Gasteiger partial charge in [0.25, 0.3) is 0 Å². The Morgan fingerprint density at radius 3 is 2.67 bits per heavy atom. The highest BCUT2D eigenvalue weighted by molar-refractivity contribution is 5.59. The van der Waals surface area contributed by atoms with Crippen LogP contribution in [-0.2, 0) is 4.74 Å².